The molecule has 1 saturated carbocycles. The van der Waals surface area contributed by atoms with Gasteiger partial charge in [-0.3, -0.25) is 0 Å². The van der Waals surface area contributed by atoms with E-state index in [1.54, 1.807) is 0 Å². The quantitative estimate of drug-likeness (QED) is 0.718. The van der Waals surface area contributed by atoms with Crippen LogP contribution in [0.25, 0.3) is 0 Å². The fourth-order valence-corrected chi connectivity index (χ4v) is 3.07. The molecule has 1 aliphatic rings. The molecule has 1 N–H and O–H groups in total. The molecule has 2 nitrogen and oxygen atoms in total. The maximum atomic E-state index is 3.33. The van der Waals surface area contributed by atoms with Crippen molar-refractivity contribution in [3.63, 3.8) is 0 Å². The van der Waals surface area contributed by atoms with Gasteiger partial charge in [0.1, 0.15) is 0 Å². The maximum absolute atomic E-state index is 3.33. The summed E-state index contributed by atoms with van der Waals surface area (Å²) < 4.78 is 0. The van der Waals surface area contributed by atoms with Crippen LogP contribution in [0.1, 0.15) is 46.0 Å². The van der Waals surface area contributed by atoms with Crippen molar-refractivity contribution in [2.75, 3.05) is 33.7 Å². The summed E-state index contributed by atoms with van der Waals surface area (Å²) in [6.45, 7) is 8.36. The van der Waals surface area contributed by atoms with E-state index >= 15 is 0 Å². The van der Waals surface area contributed by atoms with Crippen molar-refractivity contribution < 1.29 is 0 Å². The fourth-order valence-electron chi connectivity index (χ4n) is 3.07. The average Bonchev–Trinajstić information content (AvgIpc) is 2.70. The Morgan fingerprint density at radius 1 is 1.31 bits per heavy atom. The second-order valence-electron chi connectivity index (χ2n) is 6.04. The van der Waals surface area contributed by atoms with E-state index in [2.05, 4.69) is 38.2 Å². The molecule has 1 fully saturated rings. The van der Waals surface area contributed by atoms with Crippen LogP contribution in [0.15, 0.2) is 0 Å². The lowest BCUT2D eigenvalue weighted by Gasteiger charge is -2.34. The second-order valence-corrected chi connectivity index (χ2v) is 6.04. The molecule has 0 aromatic rings. The van der Waals surface area contributed by atoms with Gasteiger partial charge in [0.2, 0.25) is 0 Å². The van der Waals surface area contributed by atoms with Crippen LogP contribution >= 0.6 is 0 Å². The molecule has 0 spiro atoms. The summed E-state index contributed by atoms with van der Waals surface area (Å²) >= 11 is 0. The van der Waals surface area contributed by atoms with Gasteiger partial charge in [-0.05, 0) is 44.7 Å². The Morgan fingerprint density at radius 3 is 2.44 bits per heavy atom. The summed E-state index contributed by atoms with van der Waals surface area (Å²) in [6, 6.07) is 0. The van der Waals surface area contributed by atoms with Crippen LogP contribution in [0.2, 0.25) is 0 Å². The molecule has 1 rings (SSSR count). The Balaban J connectivity index is 2.32. The standard InChI is InChI=1S/C14H30N2/c1-5-14(2,11-15-3)12-16(4)10-13-8-6-7-9-13/h13,15H,5-12H2,1-4H3. The lowest BCUT2D eigenvalue weighted by Crippen LogP contribution is -2.41. The molecule has 0 saturated heterocycles. The Bertz CT molecular complexity index is 187. The molecular formula is C14H30N2. The maximum Gasteiger partial charge on any atom is 0.00444 e. The summed E-state index contributed by atoms with van der Waals surface area (Å²) in [5.74, 6) is 0.973. The van der Waals surface area contributed by atoms with E-state index in [4.69, 9.17) is 0 Å². The molecule has 0 bridgehead atoms. The van der Waals surface area contributed by atoms with Crippen LogP contribution in [-0.4, -0.2) is 38.6 Å². The van der Waals surface area contributed by atoms with Crippen LogP contribution in [0.4, 0.5) is 0 Å². The average molecular weight is 226 g/mol. The monoisotopic (exact) mass is 226 g/mol. The van der Waals surface area contributed by atoms with Gasteiger partial charge in [-0.25, -0.2) is 0 Å². The topological polar surface area (TPSA) is 15.3 Å². The predicted octanol–water partition coefficient (Wildman–Crippen LogP) is 2.74. The van der Waals surface area contributed by atoms with Gasteiger partial charge in [-0.15, -0.1) is 0 Å². The summed E-state index contributed by atoms with van der Waals surface area (Å²) in [7, 11) is 4.35. The molecule has 0 heterocycles. The number of hydrogen-bond acceptors (Lipinski definition) is 2. The first-order chi connectivity index (χ1) is 7.59. The van der Waals surface area contributed by atoms with Gasteiger partial charge >= 0.3 is 0 Å². The largest absolute Gasteiger partial charge is 0.319 e. The van der Waals surface area contributed by atoms with Crippen molar-refractivity contribution in [2.45, 2.75) is 46.0 Å². The summed E-state index contributed by atoms with van der Waals surface area (Å²) in [6.07, 6.45) is 7.08. The second kappa shape index (κ2) is 6.61. The van der Waals surface area contributed by atoms with Crippen molar-refractivity contribution in [3.8, 4) is 0 Å². The molecule has 0 amide bonds. The summed E-state index contributed by atoms with van der Waals surface area (Å²) in [5, 5.41) is 3.33. The van der Waals surface area contributed by atoms with Crippen molar-refractivity contribution in [1.29, 1.82) is 0 Å². The van der Waals surface area contributed by atoms with Crippen LogP contribution in [-0.2, 0) is 0 Å². The first kappa shape index (κ1) is 14.0. The molecule has 1 atom stereocenters. The van der Waals surface area contributed by atoms with Gasteiger partial charge in [0.25, 0.3) is 0 Å². The Morgan fingerprint density at radius 2 is 1.94 bits per heavy atom. The zero-order valence-corrected chi connectivity index (χ0v) is 11.7. The SMILES string of the molecule is CCC(C)(CNC)CN(C)CC1CCCC1. The molecule has 0 aromatic carbocycles. The van der Waals surface area contributed by atoms with Gasteiger partial charge in [-0.2, -0.15) is 0 Å². The molecule has 0 aliphatic heterocycles. The van der Waals surface area contributed by atoms with Gasteiger partial charge < -0.3 is 10.2 Å². The first-order valence-corrected chi connectivity index (χ1v) is 6.93. The first-order valence-electron chi connectivity index (χ1n) is 6.93. The van der Waals surface area contributed by atoms with Gasteiger partial charge in [0.15, 0.2) is 0 Å². The molecule has 0 aromatic heterocycles. The van der Waals surface area contributed by atoms with Crippen molar-refractivity contribution in [1.82, 2.24) is 10.2 Å². The van der Waals surface area contributed by atoms with E-state index in [0.29, 0.717) is 5.41 Å². The van der Waals surface area contributed by atoms with E-state index in [1.807, 2.05) is 0 Å². The minimum absolute atomic E-state index is 0.433. The van der Waals surface area contributed by atoms with Crippen molar-refractivity contribution in [2.24, 2.45) is 11.3 Å². The van der Waals surface area contributed by atoms with E-state index in [9.17, 15) is 0 Å². The van der Waals surface area contributed by atoms with Gasteiger partial charge in [-0.1, -0.05) is 26.7 Å². The third kappa shape index (κ3) is 4.42. The Labute approximate surface area is 102 Å². The predicted molar refractivity (Wildman–Crippen MR) is 71.8 cm³/mol. The number of nitrogens with zero attached hydrogens (tertiary/aromatic N) is 1. The summed E-state index contributed by atoms with van der Waals surface area (Å²) in [5.41, 5.74) is 0.433. The van der Waals surface area contributed by atoms with Gasteiger partial charge in [0, 0.05) is 19.6 Å². The minimum Gasteiger partial charge on any atom is -0.319 e. The molecular weight excluding hydrogens is 196 g/mol. The highest BCUT2D eigenvalue weighted by Crippen LogP contribution is 2.27. The summed E-state index contributed by atoms with van der Waals surface area (Å²) in [4.78, 5) is 2.55. The third-order valence-electron chi connectivity index (χ3n) is 4.15. The molecule has 1 aliphatic carbocycles. The van der Waals surface area contributed by atoms with Crippen molar-refractivity contribution in [3.05, 3.63) is 0 Å². The van der Waals surface area contributed by atoms with Crippen LogP contribution in [0, 0.1) is 11.3 Å². The van der Waals surface area contributed by atoms with E-state index in [0.717, 1.165) is 12.5 Å². The molecule has 0 radical (unpaired) electrons. The van der Waals surface area contributed by atoms with Crippen LogP contribution < -0.4 is 5.32 Å². The van der Waals surface area contributed by atoms with E-state index in [1.165, 1.54) is 45.2 Å². The number of nitrogens with one attached hydrogen (secondary N) is 1. The van der Waals surface area contributed by atoms with Crippen molar-refractivity contribution >= 4 is 0 Å². The van der Waals surface area contributed by atoms with Crippen LogP contribution in [0.5, 0.6) is 0 Å². The zero-order chi connectivity index (χ0) is 12.0. The minimum atomic E-state index is 0.433. The highest BCUT2D eigenvalue weighted by atomic mass is 15.1. The van der Waals surface area contributed by atoms with Gasteiger partial charge in [0.05, 0.1) is 0 Å². The highest BCUT2D eigenvalue weighted by Gasteiger charge is 2.25. The molecule has 2 heteroatoms. The van der Waals surface area contributed by atoms with Crippen LogP contribution in [0.3, 0.4) is 0 Å². The fraction of sp³-hybridized carbons (Fsp3) is 1.00. The molecule has 1 unspecified atom stereocenters. The normalized spacial score (nSPS) is 21.6. The molecule has 96 valence electrons. The number of rotatable bonds is 7. The van der Waals surface area contributed by atoms with E-state index < -0.39 is 0 Å². The smallest absolute Gasteiger partial charge is 0.00444 e. The Hall–Kier alpha value is -0.0800. The van der Waals surface area contributed by atoms with E-state index in [-0.39, 0.29) is 0 Å². The third-order valence-corrected chi connectivity index (χ3v) is 4.15. The Kier molecular flexibility index (Phi) is 5.77. The zero-order valence-electron chi connectivity index (χ0n) is 11.7. The molecule has 16 heavy (non-hydrogen) atoms. The number of hydrogen-bond donors (Lipinski definition) is 1. The lowest BCUT2D eigenvalue weighted by atomic mass is 9.86. The highest BCUT2D eigenvalue weighted by molar-refractivity contribution is 4.79. The lowest BCUT2D eigenvalue weighted by molar-refractivity contribution is 0.165.